The fourth-order valence-electron chi connectivity index (χ4n) is 1.34. The van der Waals surface area contributed by atoms with E-state index in [2.05, 4.69) is 5.32 Å². The molecular weight excluding hydrogens is 284 g/mol. The third-order valence-electron chi connectivity index (χ3n) is 3.07. The second kappa shape index (κ2) is 6.02. The van der Waals surface area contributed by atoms with Gasteiger partial charge in [0.05, 0.1) is 0 Å². The summed E-state index contributed by atoms with van der Waals surface area (Å²) in [5, 5.41) is 7.89. The molecule has 0 saturated heterocycles. The minimum absolute atomic E-state index is 0.0122. The van der Waals surface area contributed by atoms with E-state index in [-0.39, 0.29) is 15.5 Å². The van der Waals surface area contributed by atoms with E-state index in [0.717, 1.165) is 22.6 Å². The van der Waals surface area contributed by atoms with Gasteiger partial charge in [-0.25, -0.2) is 13.6 Å². The van der Waals surface area contributed by atoms with Gasteiger partial charge < -0.3 is 5.32 Å². The molecule has 1 heterocycles. The van der Waals surface area contributed by atoms with Crippen LogP contribution in [-0.2, 0) is 21.2 Å². The topological polar surface area (TPSA) is 89.3 Å². The van der Waals surface area contributed by atoms with E-state index in [0.29, 0.717) is 13.0 Å². The zero-order valence-electron chi connectivity index (χ0n) is 11.4. The van der Waals surface area contributed by atoms with Gasteiger partial charge in [0.15, 0.2) is 0 Å². The number of hydrogen-bond donors (Lipinski definition) is 2. The van der Waals surface area contributed by atoms with Crippen molar-refractivity contribution in [2.45, 2.75) is 37.8 Å². The Hall–Kier alpha value is -0.920. The largest absolute Gasteiger partial charge is 0.355 e. The number of carbonyl (C=O) groups is 1. The molecule has 3 N–H and O–H groups in total. The molecule has 7 heteroatoms. The van der Waals surface area contributed by atoms with Crippen molar-refractivity contribution in [1.29, 1.82) is 0 Å². The molecule has 1 aromatic heterocycles. The minimum atomic E-state index is -3.62. The summed E-state index contributed by atoms with van der Waals surface area (Å²) in [6, 6.07) is 3.22. The molecule has 0 aliphatic rings. The number of hydrogen-bond acceptors (Lipinski definition) is 4. The molecule has 0 bridgehead atoms. The van der Waals surface area contributed by atoms with Crippen LogP contribution >= 0.6 is 11.3 Å². The maximum absolute atomic E-state index is 11.8. The Labute approximate surface area is 118 Å². The normalized spacial score (nSPS) is 12.4. The molecule has 0 fully saturated rings. The minimum Gasteiger partial charge on any atom is -0.355 e. The van der Waals surface area contributed by atoms with Crippen LogP contribution in [0, 0.1) is 5.41 Å². The molecule has 19 heavy (non-hydrogen) atoms. The monoisotopic (exact) mass is 304 g/mol. The van der Waals surface area contributed by atoms with Crippen LogP contribution in [0.1, 0.15) is 32.1 Å². The number of amides is 1. The van der Waals surface area contributed by atoms with Gasteiger partial charge in [-0.05, 0) is 25.0 Å². The van der Waals surface area contributed by atoms with E-state index in [1.807, 2.05) is 20.8 Å². The third kappa shape index (κ3) is 4.59. The van der Waals surface area contributed by atoms with Gasteiger partial charge in [-0.1, -0.05) is 20.8 Å². The molecule has 1 rings (SSSR count). The summed E-state index contributed by atoms with van der Waals surface area (Å²) in [5.41, 5.74) is -0.374. The second-order valence-electron chi connectivity index (χ2n) is 5.01. The average molecular weight is 304 g/mol. The SMILES string of the molecule is CCC(C)(C)C(=O)NCCc1ccc(S(N)(=O)=O)s1. The fraction of sp³-hybridized carbons (Fsp3) is 0.583. The first-order valence-electron chi connectivity index (χ1n) is 6.06. The predicted octanol–water partition coefficient (Wildman–Crippen LogP) is 1.49. The van der Waals surface area contributed by atoms with E-state index in [1.54, 1.807) is 6.07 Å². The van der Waals surface area contributed by atoms with Crippen LogP contribution in [0.2, 0.25) is 0 Å². The van der Waals surface area contributed by atoms with E-state index < -0.39 is 10.0 Å². The molecule has 0 aromatic carbocycles. The van der Waals surface area contributed by atoms with Crippen molar-refractivity contribution in [2.75, 3.05) is 6.54 Å². The first-order chi connectivity index (χ1) is 8.66. The maximum Gasteiger partial charge on any atom is 0.247 e. The second-order valence-corrected chi connectivity index (χ2v) is 7.97. The van der Waals surface area contributed by atoms with Gasteiger partial charge in [-0.15, -0.1) is 11.3 Å². The Balaban J connectivity index is 2.51. The molecule has 0 atom stereocenters. The standard InChI is InChI=1S/C12H20N2O3S2/c1-4-12(2,3)11(15)14-8-7-9-5-6-10(18-9)19(13,16)17/h5-6H,4,7-8H2,1-3H3,(H,14,15)(H2,13,16,17). The Morgan fingerprint density at radius 1 is 1.42 bits per heavy atom. The molecule has 1 aromatic rings. The number of carbonyl (C=O) groups excluding carboxylic acids is 1. The molecule has 108 valence electrons. The van der Waals surface area contributed by atoms with E-state index in [4.69, 9.17) is 5.14 Å². The maximum atomic E-state index is 11.8. The van der Waals surface area contributed by atoms with Gasteiger partial charge in [0.1, 0.15) is 4.21 Å². The first kappa shape index (κ1) is 16.1. The number of nitrogens with one attached hydrogen (secondary N) is 1. The van der Waals surface area contributed by atoms with E-state index in [1.165, 1.54) is 6.07 Å². The van der Waals surface area contributed by atoms with Crippen LogP contribution in [0.5, 0.6) is 0 Å². The van der Waals surface area contributed by atoms with Gasteiger partial charge in [0, 0.05) is 16.8 Å². The first-order valence-corrected chi connectivity index (χ1v) is 8.43. The number of rotatable bonds is 6. The molecule has 1 amide bonds. The lowest BCUT2D eigenvalue weighted by molar-refractivity contribution is -0.129. The molecule has 0 spiro atoms. The zero-order chi connectivity index (χ0) is 14.7. The highest BCUT2D eigenvalue weighted by Crippen LogP contribution is 2.21. The van der Waals surface area contributed by atoms with Crippen molar-refractivity contribution >= 4 is 27.3 Å². The van der Waals surface area contributed by atoms with Crippen molar-refractivity contribution in [3.05, 3.63) is 17.0 Å². The number of sulfonamides is 1. The van der Waals surface area contributed by atoms with Gasteiger partial charge in [-0.3, -0.25) is 4.79 Å². The van der Waals surface area contributed by atoms with Crippen molar-refractivity contribution in [1.82, 2.24) is 5.32 Å². The number of nitrogens with two attached hydrogens (primary N) is 1. The predicted molar refractivity (Wildman–Crippen MR) is 76.5 cm³/mol. The van der Waals surface area contributed by atoms with E-state index in [9.17, 15) is 13.2 Å². The Morgan fingerprint density at radius 2 is 2.05 bits per heavy atom. The summed E-state index contributed by atoms with van der Waals surface area (Å²) in [7, 11) is -3.62. The van der Waals surface area contributed by atoms with E-state index >= 15 is 0 Å². The summed E-state index contributed by atoms with van der Waals surface area (Å²) in [6.07, 6.45) is 1.37. The van der Waals surface area contributed by atoms with Gasteiger partial charge in [0.2, 0.25) is 15.9 Å². The summed E-state index contributed by atoms with van der Waals surface area (Å²) in [6.45, 7) is 6.25. The highest BCUT2D eigenvalue weighted by Gasteiger charge is 2.24. The quantitative estimate of drug-likeness (QED) is 0.834. The third-order valence-corrected chi connectivity index (χ3v) is 5.66. The van der Waals surface area contributed by atoms with Crippen LogP contribution in [0.4, 0.5) is 0 Å². The lowest BCUT2D eigenvalue weighted by atomic mass is 9.89. The zero-order valence-corrected chi connectivity index (χ0v) is 13.0. The fourth-order valence-corrected chi connectivity index (χ4v) is 3.12. The summed E-state index contributed by atoms with van der Waals surface area (Å²) in [5.74, 6) is 0.0122. The van der Waals surface area contributed by atoms with Crippen molar-refractivity contribution in [2.24, 2.45) is 10.6 Å². The molecule has 5 nitrogen and oxygen atoms in total. The van der Waals surface area contributed by atoms with Crippen LogP contribution in [0.25, 0.3) is 0 Å². The molecule has 0 radical (unpaired) electrons. The Kier molecular flexibility index (Phi) is 5.11. The molecule has 0 aliphatic heterocycles. The van der Waals surface area contributed by atoms with Crippen LogP contribution in [0.15, 0.2) is 16.3 Å². The highest BCUT2D eigenvalue weighted by molar-refractivity contribution is 7.91. The molecule has 0 saturated carbocycles. The van der Waals surface area contributed by atoms with Crippen molar-refractivity contribution in [3.8, 4) is 0 Å². The van der Waals surface area contributed by atoms with Crippen LogP contribution < -0.4 is 10.5 Å². The Bertz CT molecular complexity index is 547. The molecular formula is C12H20N2O3S2. The van der Waals surface area contributed by atoms with Gasteiger partial charge in [0.25, 0.3) is 0 Å². The highest BCUT2D eigenvalue weighted by atomic mass is 32.2. The smallest absolute Gasteiger partial charge is 0.247 e. The summed E-state index contributed by atoms with van der Waals surface area (Å²) < 4.78 is 22.4. The number of thiophene rings is 1. The molecule has 0 aliphatic carbocycles. The van der Waals surface area contributed by atoms with Crippen molar-refractivity contribution in [3.63, 3.8) is 0 Å². The average Bonchev–Trinajstić information content (AvgIpc) is 2.77. The van der Waals surface area contributed by atoms with Crippen molar-refractivity contribution < 1.29 is 13.2 Å². The summed E-state index contributed by atoms with van der Waals surface area (Å²) >= 11 is 1.14. The van der Waals surface area contributed by atoms with Gasteiger partial charge in [-0.2, -0.15) is 0 Å². The van der Waals surface area contributed by atoms with Crippen LogP contribution in [0.3, 0.4) is 0 Å². The lowest BCUT2D eigenvalue weighted by Gasteiger charge is -2.21. The molecule has 0 unspecified atom stereocenters. The lowest BCUT2D eigenvalue weighted by Crippen LogP contribution is -2.37. The van der Waals surface area contributed by atoms with Crippen LogP contribution in [-0.4, -0.2) is 20.9 Å². The number of primary sulfonamides is 1. The Morgan fingerprint density at radius 3 is 2.53 bits per heavy atom. The summed E-state index contributed by atoms with van der Waals surface area (Å²) in [4.78, 5) is 12.7. The van der Waals surface area contributed by atoms with Gasteiger partial charge >= 0.3 is 0 Å².